The Kier molecular flexibility index (Phi) is 6.02. The number of hydrogen-bond acceptors (Lipinski definition) is 5. The van der Waals surface area contributed by atoms with E-state index in [4.69, 9.17) is 9.47 Å². The van der Waals surface area contributed by atoms with Gasteiger partial charge in [0.05, 0.1) is 13.2 Å². The molecule has 0 spiro atoms. The molecule has 1 fully saturated rings. The number of rotatable bonds is 4. The highest BCUT2D eigenvalue weighted by atomic mass is 19.1. The number of benzene rings is 2. The van der Waals surface area contributed by atoms with E-state index in [0.717, 1.165) is 27.2 Å². The number of carbonyl (C=O) groups is 3. The number of likely N-dealkylation sites (tertiary alicyclic amines) is 1. The van der Waals surface area contributed by atoms with Crippen LogP contribution < -0.4 is 0 Å². The summed E-state index contributed by atoms with van der Waals surface area (Å²) in [5.74, 6) is -2.89. The summed E-state index contributed by atoms with van der Waals surface area (Å²) < 4.78 is 24.9. The molecule has 1 heterocycles. The Morgan fingerprint density at radius 2 is 1.65 bits per heavy atom. The summed E-state index contributed by atoms with van der Waals surface area (Å²) in [6.45, 7) is 1.46. The van der Waals surface area contributed by atoms with E-state index in [0.29, 0.717) is 0 Å². The number of ether oxygens (including phenoxy) is 2. The first kappa shape index (κ1) is 21.0. The molecular formula is C24H24FNO5. The van der Waals surface area contributed by atoms with E-state index >= 15 is 0 Å². The summed E-state index contributed by atoms with van der Waals surface area (Å²) >= 11 is 0. The van der Waals surface area contributed by atoms with Crippen LogP contribution >= 0.6 is 0 Å². The maximum Gasteiger partial charge on any atom is 0.409 e. The fraction of sp³-hybridized carbons (Fsp3) is 0.375. The van der Waals surface area contributed by atoms with Gasteiger partial charge in [-0.25, -0.2) is 9.18 Å². The van der Waals surface area contributed by atoms with Crippen LogP contribution in [-0.2, 0) is 19.1 Å². The van der Waals surface area contributed by atoms with Crippen molar-refractivity contribution < 1.29 is 28.2 Å². The second-order valence-electron chi connectivity index (χ2n) is 7.71. The predicted octanol–water partition coefficient (Wildman–Crippen LogP) is 3.73. The van der Waals surface area contributed by atoms with Crippen LogP contribution in [0.4, 0.5) is 9.18 Å². The number of hydrogen-bond donors (Lipinski definition) is 0. The second kappa shape index (κ2) is 8.88. The lowest BCUT2D eigenvalue weighted by Crippen LogP contribution is -2.38. The van der Waals surface area contributed by atoms with Crippen molar-refractivity contribution in [3.05, 3.63) is 59.7 Å². The molecule has 1 aliphatic heterocycles. The second-order valence-corrected chi connectivity index (χ2v) is 7.71. The van der Waals surface area contributed by atoms with Crippen LogP contribution in [0.25, 0.3) is 11.1 Å². The Labute approximate surface area is 179 Å². The summed E-state index contributed by atoms with van der Waals surface area (Å²) in [7, 11) is 0. The molecule has 6 nitrogen and oxygen atoms in total. The highest BCUT2D eigenvalue weighted by molar-refractivity contribution is 6.01. The Morgan fingerprint density at radius 3 is 2.26 bits per heavy atom. The third-order valence-electron chi connectivity index (χ3n) is 5.89. The van der Waals surface area contributed by atoms with E-state index in [1.165, 1.54) is 0 Å². The van der Waals surface area contributed by atoms with Crippen molar-refractivity contribution >= 4 is 17.8 Å². The van der Waals surface area contributed by atoms with E-state index in [9.17, 15) is 18.8 Å². The van der Waals surface area contributed by atoms with Gasteiger partial charge in [0.25, 0.3) is 0 Å². The fourth-order valence-electron chi connectivity index (χ4n) is 4.35. The van der Waals surface area contributed by atoms with E-state index in [1.807, 2.05) is 48.5 Å². The number of halogens is 1. The van der Waals surface area contributed by atoms with Gasteiger partial charge in [-0.1, -0.05) is 48.5 Å². The van der Waals surface area contributed by atoms with Crippen molar-refractivity contribution in [2.24, 2.45) is 5.92 Å². The van der Waals surface area contributed by atoms with Gasteiger partial charge in [-0.15, -0.1) is 0 Å². The van der Waals surface area contributed by atoms with Gasteiger partial charge in [-0.2, -0.15) is 0 Å². The molecule has 0 radical (unpaired) electrons. The number of nitrogens with zero attached hydrogens (tertiary/aromatic N) is 1. The Balaban J connectivity index is 1.45. The van der Waals surface area contributed by atoms with E-state index in [2.05, 4.69) is 0 Å². The normalized spacial score (nSPS) is 20.6. The standard InChI is InChI=1S/C24H24FNO5/c1-2-30-23(28)19-11-12-26(13-21(25)22(19)27)24(29)31-14-20-17-9-5-3-7-15(17)16-8-4-6-10-18(16)20/h3-10,19-21H,2,11-14H2,1H3. The van der Waals surface area contributed by atoms with Crippen LogP contribution in [0.1, 0.15) is 30.4 Å². The molecule has 2 aromatic rings. The zero-order chi connectivity index (χ0) is 22.0. The maximum atomic E-state index is 14.4. The van der Waals surface area contributed by atoms with Crippen LogP contribution in [0, 0.1) is 5.92 Å². The molecule has 0 saturated carbocycles. The molecule has 0 aromatic heterocycles. The molecule has 1 amide bonds. The molecule has 4 rings (SSSR count). The van der Waals surface area contributed by atoms with Crippen molar-refractivity contribution in [3.63, 3.8) is 0 Å². The quantitative estimate of drug-likeness (QED) is 0.551. The minimum Gasteiger partial charge on any atom is -0.465 e. The maximum absolute atomic E-state index is 14.4. The van der Waals surface area contributed by atoms with Crippen LogP contribution in [-0.4, -0.2) is 55.2 Å². The number of amides is 1. The van der Waals surface area contributed by atoms with E-state index in [-0.39, 0.29) is 32.1 Å². The molecule has 1 saturated heterocycles. The van der Waals surface area contributed by atoms with E-state index < -0.39 is 36.5 Å². The number of Topliss-reactive ketones (excluding diaryl/α,β-unsaturated/α-hetero) is 1. The topological polar surface area (TPSA) is 72.9 Å². The lowest BCUT2D eigenvalue weighted by atomic mass is 9.98. The van der Waals surface area contributed by atoms with Gasteiger partial charge < -0.3 is 14.4 Å². The summed E-state index contributed by atoms with van der Waals surface area (Å²) in [6.07, 6.45) is -2.62. The predicted molar refractivity (Wildman–Crippen MR) is 111 cm³/mol. The smallest absolute Gasteiger partial charge is 0.409 e. The highest BCUT2D eigenvalue weighted by Crippen LogP contribution is 2.44. The minimum atomic E-state index is -1.95. The molecule has 0 N–H and O–H groups in total. The summed E-state index contributed by atoms with van der Waals surface area (Å²) in [6, 6.07) is 15.9. The first-order valence-corrected chi connectivity index (χ1v) is 10.5. The van der Waals surface area contributed by atoms with Crippen LogP contribution in [0.15, 0.2) is 48.5 Å². The van der Waals surface area contributed by atoms with Crippen molar-refractivity contribution in [2.75, 3.05) is 26.3 Å². The molecule has 31 heavy (non-hydrogen) atoms. The molecule has 7 heteroatoms. The van der Waals surface area contributed by atoms with E-state index in [1.54, 1.807) is 6.92 Å². The third-order valence-corrected chi connectivity index (χ3v) is 5.89. The number of carbonyl (C=O) groups excluding carboxylic acids is 3. The molecular weight excluding hydrogens is 401 g/mol. The SMILES string of the molecule is CCOC(=O)C1CCN(C(=O)OCC2c3ccccc3-c3ccccc32)CC(F)C1=O. The lowest BCUT2D eigenvalue weighted by Gasteiger charge is -2.22. The van der Waals surface area contributed by atoms with Crippen LogP contribution in [0.5, 0.6) is 0 Å². The molecule has 2 unspecified atom stereocenters. The number of fused-ring (bicyclic) bond motifs is 3. The van der Waals surface area contributed by atoms with Crippen molar-refractivity contribution in [3.8, 4) is 11.1 Å². The Hall–Kier alpha value is -3.22. The monoisotopic (exact) mass is 425 g/mol. The zero-order valence-corrected chi connectivity index (χ0v) is 17.3. The summed E-state index contributed by atoms with van der Waals surface area (Å²) in [5, 5.41) is 0. The minimum absolute atomic E-state index is 0.0162. The first-order chi connectivity index (χ1) is 15.0. The molecule has 1 aliphatic carbocycles. The molecule has 2 aliphatic rings. The lowest BCUT2D eigenvalue weighted by molar-refractivity contribution is -0.152. The van der Waals surface area contributed by atoms with Gasteiger partial charge >= 0.3 is 12.1 Å². The van der Waals surface area contributed by atoms with Gasteiger partial charge in [0.1, 0.15) is 12.5 Å². The van der Waals surface area contributed by atoms with Crippen molar-refractivity contribution in [1.82, 2.24) is 4.90 Å². The highest BCUT2D eigenvalue weighted by Gasteiger charge is 2.39. The Morgan fingerprint density at radius 1 is 1.03 bits per heavy atom. The average Bonchev–Trinajstić information content (AvgIpc) is 3.01. The van der Waals surface area contributed by atoms with Crippen molar-refractivity contribution in [1.29, 1.82) is 0 Å². The van der Waals surface area contributed by atoms with Gasteiger partial charge in [-0.05, 0) is 35.6 Å². The fourth-order valence-corrected chi connectivity index (χ4v) is 4.35. The van der Waals surface area contributed by atoms with Gasteiger partial charge in [-0.3, -0.25) is 9.59 Å². The molecule has 0 bridgehead atoms. The van der Waals surface area contributed by atoms with Gasteiger partial charge in [0.2, 0.25) is 0 Å². The molecule has 2 aromatic carbocycles. The van der Waals surface area contributed by atoms with Crippen molar-refractivity contribution in [2.45, 2.75) is 25.4 Å². The Bertz CT molecular complexity index is 961. The van der Waals surface area contributed by atoms with Crippen LogP contribution in [0.2, 0.25) is 0 Å². The zero-order valence-electron chi connectivity index (χ0n) is 17.3. The van der Waals surface area contributed by atoms with Crippen LogP contribution in [0.3, 0.4) is 0 Å². The van der Waals surface area contributed by atoms with Gasteiger partial charge in [0.15, 0.2) is 12.0 Å². The molecule has 162 valence electrons. The number of alkyl halides is 1. The third kappa shape index (κ3) is 4.04. The summed E-state index contributed by atoms with van der Waals surface area (Å²) in [5.41, 5.74) is 4.38. The average molecular weight is 425 g/mol. The first-order valence-electron chi connectivity index (χ1n) is 10.5. The number of ketones is 1. The van der Waals surface area contributed by atoms with Gasteiger partial charge in [0, 0.05) is 12.5 Å². The largest absolute Gasteiger partial charge is 0.465 e. The number of esters is 1. The molecule has 2 atom stereocenters. The summed E-state index contributed by atoms with van der Waals surface area (Å²) in [4.78, 5) is 38.0.